The summed E-state index contributed by atoms with van der Waals surface area (Å²) in [7, 11) is 4.38. The number of aromatic amines is 1. The highest BCUT2D eigenvalue weighted by molar-refractivity contribution is 9.10. The van der Waals surface area contributed by atoms with Crippen LogP contribution >= 0.6 is 31.9 Å². The molecule has 3 rings (SSSR count). The maximum absolute atomic E-state index is 11.9. The quantitative estimate of drug-likeness (QED) is 0.502. The number of aromatic nitrogens is 6. The molecule has 0 bridgehead atoms. The lowest BCUT2D eigenvalue weighted by Crippen LogP contribution is -2.40. The molecule has 11 nitrogen and oxygen atoms in total. The summed E-state index contributed by atoms with van der Waals surface area (Å²) in [5.41, 5.74) is -0.974. The number of nitrogens with zero attached hydrogens (tertiary/aromatic N) is 5. The van der Waals surface area contributed by atoms with Gasteiger partial charge in [-0.25, -0.2) is 19.4 Å². The predicted molar refractivity (Wildman–Crippen MR) is 111 cm³/mol. The van der Waals surface area contributed by atoms with Crippen molar-refractivity contribution in [2.24, 2.45) is 14.1 Å². The number of hydrogen-bond acceptors (Lipinski definition) is 7. The molecule has 29 heavy (non-hydrogen) atoms. The molecule has 0 aliphatic rings. The molecule has 2 aromatic heterocycles. The first-order valence-electron chi connectivity index (χ1n) is 7.93. The molecular formula is C16H16Br2N6O5. The SMILES string of the molecule is COc1ccc(Cn2nc(Br)c(=O)n(C)c2=O)cc1.Cn1c(=O)[nH]nc(Br)c1=O. The van der Waals surface area contributed by atoms with Gasteiger partial charge >= 0.3 is 11.4 Å². The molecule has 0 radical (unpaired) electrons. The van der Waals surface area contributed by atoms with E-state index in [0.717, 1.165) is 20.4 Å². The lowest BCUT2D eigenvalue weighted by atomic mass is 10.2. The van der Waals surface area contributed by atoms with Gasteiger partial charge in [-0.05, 0) is 49.6 Å². The van der Waals surface area contributed by atoms with E-state index in [4.69, 9.17) is 4.74 Å². The molecule has 0 aliphatic heterocycles. The maximum atomic E-state index is 11.9. The molecular weight excluding hydrogens is 516 g/mol. The minimum Gasteiger partial charge on any atom is -0.497 e. The predicted octanol–water partition coefficient (Wildman–Crippen LogP) is -0.00750. The highest BCUT2D eigenvalue weighted by Gasteiger charge is 2.08. The van der Waals surface area contributed by atoms with Crippen LogP contribution in [0.3, 0.4) is 0 Å². The third-order valence-corrected chi connectivity index (χ3v) is 4.74. The van der Waals surface area contributed by atoms with Crippen molar-refractivity contribution < 1.29 is 4.74 Å². The molecule has 0 aliphatic carbocycles. The van der Waals surface area contributed by atoms with Crippen LogP contribution in [-0.4, -0.2) is 36.2 Å². The number of nitrogens with one attached hydrogen (secondary N) is 1. The van der Waals surface area contributed by atoms with Crippen LogP contribution < -0.4 is 27.2 Å². The lowest BCUT2D eigenvalue weighted by Gasteiger charge is -2.07. The fraction of sp³-hybridized carbons (Fsp3) is 0.250. The van der Waals surface area contributed by atoms with E-state index in [2.05, 4.69) is 47.2 Å². The van der Waals surface area contributed by atoms with Gasteiger partial charge in [0.1, 0.15) is 5.75 Å². The van der Waals surface area contributed by atoms with Crippen LogP contribution in [0, 0.1) is 0 Å². The van der Waals surface area contributed by atoms with Gasteiger partial charge < -0.3 is 4.74 Å². The molecule has 3 aromatic rings. The highest BCUT2D eigenvalue weighted by Crippen LogP contribution is 2.11. The van der Waals surface area contributed by atoms with E-state index in [9.17, 15) is 19.2 Å². The van der Waals surface area contributed by atoms with Crippen molar-refractivity contribution in [1.29, 1.82) is 0 Å². The molecule has 13 heteroatoms. The van der Waals surface area contributed by atoms with Crippen LogP contribution in [0.15, 0.2) is 52.7 Å². The van der Waals surface area contributed by atoms with Gasteiger partial charge in [-0.2, -0.15) is 10.2 Å². The summed E-state index contributed by atoms with van der Waals surface area (Å²) in [5.74, 6) is 0.741. The lowest BCUT2D eigenvalue weighted by molar-refractivity contribution is 0.414. The van der Waals surface area contributed by atoms with E-state index < -0.39 is 22.5 Å². The summed E-state index contributed by atoms with van der Waals surface area (Å²) >= 11 is 5.91. The topological polar surface area (TPSA) is 134 Å². The van der Waals surface area contributed by atoms with Crippen molar-refractivity contribution in [3.05, 3.63) is 80.7 Å². The minimum atomic E-state index is -0.520. The average molecular weight is 532 g/mol. The van der Waals surface area contributed by atoms with Gasteiger partial charge in [-0.3, -0.25) is 18.7 Å². The van der Waals surface area contributed by atoms with Crippen LogP contribution in [0.25, 0.3) is 0 Å². The zero-order valence-corrected chi connectivity index (χ0v) is 18.7. The molecule has 0 saturated heterocycles. The van der Waals surface area contributed by atoms with Gasteiger partial charge in [0, 0.05) is 14.1 Å². The smallest absolute Gasteiger partial charge is 0.347 e. The average Bonchev–Trinajstić information content (AvgIpc) is 2.72. The van der Waals surface area contributed by atoms with E-state index >= 15 is 0 Å². The first kappa shape index (κ1) is 22.5. The van der Waals surface area contributed by atoms with Crippen LogP contribution in [0.2, 0.25) is 0 Å². The number of H-pyrrole nitrogens is 1. The third kappa shape index (κ3) is 5.38. The first-order valence-corrected chi connectivity index (χ1v) is 9.52. The van der Waals surface area contributed by atoms with E-state index in [-0.39, 0.29) is 15.8 Å². The Bertz CT molecular complexity index is 1240. The molecule has 154 valence electrons. The molecule has 2 heterocycles. The second kappa shape index (κ2) is 9.60. The Kier molecular flexibility index (Phi) is 7.45. The molecule has 0 fully saturated rings. The summed E-state index contributed by atoms with van der Waals surface area (Å²) < 4.78 is 8.45. The fourth-order valence-corrected chi connectivity index (χ4v) is 2.86. The molecule has 0 unspecified atom stereocenters. The van der Waals surface area contributed by atoms with Gasteiger partial charge in [-0.1, -0.05) is 12.1 Å². The second-order valence-corrected chi connectivity index (χ2v) is 7.13. The Balaban J connectivity index is 0.000000253. The van der Waals surface area contributed by atoms with Crippen molar-refractivity contribution in [1.82, 2.24) is 29.1 Å². The summed E-state index contributed by atoms with van der Waals surface area (Å²) in [5, 5.41) is 9.43. The molecule has 0 amide bonds. The van der Waals surface area contributed by atoms with Crippen molar-refractivity contribution in [3.63, 3.8) is 0 Å². The summed E-state index contributed by atoms with van der Waals surface area (Å²) in [4.78, 5) is 44.8. The maximum Gasteiger partial charge on any atom is 0.347 e. The Labute approximate surface area is 179 Å². The number of halogens is 2. The van der Waals surface area contributed by atoms with Gasteiger partial charge in [0.15, 0.2) is 9.21 Å². The zero-order valence-electron chi connectivity index (χ0n) is 15.5. The van der Waals surface area contributed by atoms with Crippen molar-refractivity contribution in [2.45, 2.75) is 6.54 Å². The summed E-state index contributed by atoms with van der Waals surface area (Å²) in [6, 6.07) is 7.28. The van der Waals surface area contributed by atoms with Crippen LogP contribution in [0.5, 0.6) is 5.75 Å². The van der Waals surface area contributed by atoms with Crippen LogP contribution in [0.4, 0.5) is 0 Å². The van der Waals surface area contributed by atoms with Crippen molar-refractivity contribution in [2.75, 3.05) is 7.11 Å². The van der Waals surface area contributed by atoms with Crippen molar-refractivity contribution >= 4 is 31.9 Å². The largest absolute Gasteiger partial charge is 0.497 e. The Morgan fingerprint density at radius 1 is 0.966 bits per heavy atom. The standard InChI is InChI=1S/C12H12BrN3O3.C4H4BrN3O2/c1-15-11(17)10(13)14-16(12(15)18)7-8-3-5-9(19-2)6-4-8;1-8-3(9)2(5)6-7-4(8)10/h3-6H,7H2,1-2H3;1H3,(H,7,10). The Morgan fingerprint density at radius 3 is 2.10 bits per heavy atom. The number of benzene rings is 1. The molecule has 1 aromatic carbocycles. The molecule has 0 saturated carbocycles. The number of hydrogen-bond donors (Lipinski definition) is 1. The van der Waals surface area contributed by atoms with E-state index in [1.165, 1.54) is 18.8 Å². The molecule has 0 atom stereocenters. The van der Waals surface area contributed by atoms with Gasteiger partial charge in [0.05, 0.1) is 13.7 Å². The second-order valence-electron chi connectivity index (χ2n) is 5.63. The summed E-state index contributed by atoms with van der Waals surface area (Å²) in [6.07, 6.45) is 0. The van der Waals surface area contributed by atoms with E-state index in [0.29, 0.717) is 0 Å². The number of rotatable bonds is 3. The normalized spacial score (nSPS) is 10.2. The first-order chi connectivity index (χ1) is 13.6. The monoisotopic (exact) mass is 530 g/mol. The summed E-state index contributed by atoms with van der Waals surface area (Å²) in [6.45, 7) is 0.287. The van der Waals surface area contributed by atoms with Crippen molar-refractivity contribution in [3.8, 4) is 5.75 Å². The highest BCUT2D eigenvalue weighted by atomic mass is 79.9. The third-order valence-electron chi connectivity index (χ3n) is 3.72. The van der Waals surface area contributed by atoms with E-state index in [1.54, 1.807) is 19.2 Å². The van der Waals surface area contributed by atoms with Gasteiger partial charge in [-0.15, -0.1) is 0 Å². The zero-order chi connectivity index (χ0) is 21.7. The Morgan fingerprint density at radius 2 is 1.55 bits per heavy atom. The number of methoxy groups -OCH3 is 1. The van der Waals surface area contributed by atoms with Gasteiger partial charge in [0.2, 0.25) is 0 Å². The molecule has 1 N–H and O–H groups in total. The van der Waals surface area contributed by atoms with Crippen LogP contribution in [-0.2, 0) is 20.6 Å². The van der Waals surface area contributed by atoms with Gasteiger partial charge in [0.25, 0.3) is 11.1 Å². The molecule has 0 spiro atoms. The number of ether oxygens (including phenoxy) is 1. The van der Waals surface area contributed by atoms with E-state index in [1.807, 2.05) is 12.1 Å². The minimum absolute atomic E-state index is 0.106. The Hall–Kier alpha value is -2.80. The fourth-order valence-electron chi connectivity index (χ4n) is 2.05. The van der Waals surface area contributed by atoms with Crippen LogP contribution in [0.1, 0.15) is 5.56 Å².